The lowest BCUT2D eigenvalue weighted by atomic mass is 10.1. The van der Waals surface area contributed by atoms with Gasteiger partial charge in [0.2, 0.25) is 0 Å². The van der Waals surface area contributed by atoms with E-state index in [1.807, 2.05) is 12.1 Å². The van der Waals surface area contributed by atoms with Gasteiger partial charge in [0.05, 0.1) is 0 Å². The second kappa shape index (κ2) is 5.06. The summed E-state index contributed by atoms with van der Waals surface area (Å²) in [7, 11) is 2.12. The summed E-state index contributed by atoms with van der Waals surface area (Å²) in [5, 5.41) is 0.874. The minimum absolute atomic E-state index is 0.277. The molecule has 0 N–H and O–H groups in total. The summed E-state index contributed by atoms with van der Waals surface area (Å²) in [6, 6.07) is 5.38. The van der Waals surface area contributed by atoms with E-state index >= 15 is 0 Å². The summed E-state index contributed by atoms with van der Waals surface area (Å²) >= 11 is 3.36. The first kappa shape index (κ1) is 12.8. The van der Waals surface area contributed by atoms with Crippen LogP contribution in [0.3, 0.4) is 0 Å². The van der Waals surface area contributed by atoms with E-state index < -0.39 is 0 Å². The highest BCUT2D eigenvalue weighted by atomic mass is 79.9. The number of anilines is 1. The summed E-state index contributed by atoms with van der Waals surface area (Å²) in [6.07, 6.45) is 1.69. The van der Waals surface area contributed by atoms with Gasteiger partial charge in [0.15, 0.2) is 5.82 Å². The summed E-state index contributed by atoms with van der Waals surface area (Å²) < 4.78 is 14.7. The molecule has 1 fully saturated rings. The lowest BCUT2D eigenvalue weighted by Crippen LogP contribution is -2.44. The first-order valence-corrected chi connectivity index (χ1v) is 7.12. The number of pyridine rings is 1. The number of fused-ring (bicyclic) bond motifs is 1. The van der Waals surface area contributed by atoms with Crippen LogP contribution in [0.4, 0.5) is 10.1 Å². The average molecular weight is 324 g/mol. The minimum atomic E-state index is -0.277. The normalized spacial score (nSPS) is 17.1. The summed E-state index contributed by atoms with van der Waals surface area (Å²) in [6.45, 7) is 3.98. The molecule has 2 aromatic rings. The Kier molecular flexibility index (Phi) is 3.41. The molecule has 0 aliphatic carbocycles. The van der Waals surface area contributed by atoms with Gasteiger partial charge in [-0.25, -0.2) is 4.39 Å². The second-order valence-electron chi connectivity index (χ2n) is 4.90. The number of nitrogens with zero attached hydrogens (tertiary/aromatic N) is 3. The van der Waals surface area contributed by atoms with Crippen molar-refractivity contribution in [2.45, 2.75) is 0 Å². The molecule has 100 valence electrons. The molecular formula is C14H15BrFN3. The predicted molar refractivity (Wildman–Crippen MR) is 79.1 cm³/mol. The predicted octanol–water partition coefficient (Wildman–Crippen LogP) is 2.89. The highest BCUT2D eigenvalue weighted by Gasteiger charge is 2.17. The maximum atomic E-state index is 13.9. The molecule has 1 aliphatic heterocycles. The fourth-order valence-electron chi connectivity index (χ4n) is 2.49. The fraction of sp³-hybridized carbons (Fsp3) is 0.357. The van der Waals surface area contributed by atoms with Crippen LogP contribution < -0.4 is 4.90 Å². The van der Waals surface area contributed by atoms with Crippen molar-refractivity contribution in [1.29, 1.82) is 0 Å². The molecule has 2 heterocycles. The van der Waals surface area contributed by atoms with E-state index in [1.165, 1.54) is 6.07 Å². The van der Waals surface area contributed by atoms with Gasteiger partial charge in [-0.2, -0.15) is 0 Å². The molecule has 0 atom stereocenters. The molecule has 1 aliphatic rings. The Hall–Kier alpha value is -1.20. The Bertz CT molecular complexity index is 609. The molecule has 0 saturated carbocycles. The molecule has 5 heteroatoms. The largest absolute Gasteiger partial charge is 0.368 e. The SMILES string of the molecule is CN1CCN(c2ccnc3c(F)cc(Br)cc23)CC1. The van der Waals surface area contributed by atoms with Crippen molar-refractivity contribution in [3.05, 3.63) is 34.7 Å². The quantitative estimate of drug-likeness (QED) is 0.804. The zero-order chi connectivity index (χ0) is 13.4. The third kappa shape index (κ3) is 2.44. The third-order valence-electron chi connectivity index (χ3n) is 3.58. The molecular weight excluding hydrogens is 309 g/mol. The molecule has 1 saturated heterocycles. The van der Waals surface area contributed by atoms with E-state index in [1.54, 1.807) is 6.20 Å². The van der Waals surface area contributed by atoms with Crippen LogP contribution in [0.2, 0.25) is 0 Å². The number of likely N-dealkylation sites (N-methyl/N-ethyl adjacent to an activating group) is 1. The number of halogens is 2. The number of hydrogen-bond acceptors (Lipinski definition) is 3. The number of hydrogen-bond donors (Lipinski definition) is 0. The highest BCUT2D eigenvalue weighted by molar-refractivity contribution is 9.10. The first-order chi connectivity index (χ1) is 9.15. The van der Waals surface area contributed by atoms with Gasteiger partial charge in [-0.05, 0) is 25.2 Å². The fourth-order valence-corrected chi connectivity index (χ4v) is 2.92. The lowest BCUT2D eigenvalue weighted by molar-refractivity contribution is 0.313. The van der Waals surface area contributed by atoms with Gasteiger partial charge < -0.3 is 9.80 Å². The summed E-state index contributed by atoms with van der Waals surface area (Å²) in [4.78, 5) is 8.76. The molecule has 0 spiro atoms. The number of rotatable bonds is 1. The van der Waals surface area contributed by atoms with Crippen molar-refractivity contribution < 1.29 is 4.39 Å². The molecule has 19 heavy (non-hydrogen) atoms. The van der Waals surface area contributed by atoms with Gasteiger partial charge in [-0.1, -0.05) is 15.9 Å². The topological polar surface area (TPSA) is 19.4 Å². The molecule has 1 aromatic carbocycles. The van der Waals surface area contributed by atoms with Crippen LogP contribution in [0.15, 0.2) is 28.9 Å². The average Bonchev–Trinajstić information content (AvgIpc) is 2.39. The zero-order valence-corrected chi connectivity index (χ0v) is 12.3. The van der Waals surface area contributed by atoms with Crippen LogP contribution >= 0.6 is 15.9 Å². The van der Waals surface area contributed by atoms with Crippen LogP contribution in [0.5, 0.6) is 0 Å². The van der Waals surface area contributed by atoms with E-state index in [0.717, 1.165) is 41.7 Å². The highest BCUT2D eigenvalue weighted by Crippen LogP contribution is 2.30. The van der Waals surface area contributed by atoms with Crippen molar-refractivity contribution in [2.75, 3.05) is 38.1 Å². The number of aromatic nitrogens is 1. The van der Waals surface area contributed by atoms with Gasteiger partial charge >= 0.3 is 0 Å². The summed E-state index contributed by atoms with van der Waals surface area (Å²) in [5.74, 6) is -0.277. The lowest BCUT2D eigenvalue weighted by Gasteiger charge is -2.34. The monoisotopic (exact) mass is 323 g/mol. The standard InChI is InChI=1S/C14H15BrFN3/c1-18-4-6-19(7-5-18)13-2-3-17-14-11(13)8-10(15)9-12(14)16/h2-3,8-9H,4-7H2,1H3. The molecule has 1 aromatic heterocycles. The Morgan fingerprint density at radius 2 is 1.95 bits per heavy atom. The van der Waals surface area contributed by atoms with E-state index in [9.17, 15) is 4.39 Å². The van der Waals surface area contributed by atoms with Crippen LogP contribution in [0.1, 0.15) is 0 Å². The van der Waals surface area contributed by atoms with Crippen LogP contribution in [-0.4, -0.2) is 43.1 Å². The van der Waals surface area contributed by atoms with E-state index in [0.29, 0.717) is 5.52 Å². The minimum Gasteiger partial charge on any atom is -0.368 e. The molecule has 0 unspecified atom stereocenters. The molecule has 0 bridgehead atoms. The van der Waals surface area contributed by atoms with Gasteiger partial charge in [-0.3, -0.25) is 4.98 Å². The van der Waals surface area contributed by atoms with Crippen molar-refractivity contribution in [3.8, 4) is 0 Å². The first-order valence-electron chi connectivity index (χ1n) is 6.32. The van der Waals surface area contributed by atoms with Crippen molar-refractivity contribution in [1.82, 2.24) is 9.88 Å². The van der Waals surface area contributed by atoms with Crippen molar-refractivity contribution in [2.24, 2.45) is 0 Å². The van der Waals surface area contributed by atoms with Crippen LogP contribution in [0, 0.1) is 5.82 Å². The van der Waals surface area contributed by atoms with Crippen molar-refractivity contribution in [3.63, 3.8) is 0 Å². The molecule has 3 rings (SSSR count). The van der Waals surface area contributed by atoms with Gasteiger partial charge in [-0.15, -0.1) is 0 Å². The zero-order valence-electron chi connectivity index (χ0n) is 10.7. The number of benzene rings is 1. The van der Waals surface area contributed by atoms with Gasteiger partial charge in [0, 0.05) is 47.9 Å². The van der Waals surface area contributed by atoms with Crippen LogP contribution in [0.25, 0.3) is 10.9 Å². The molecule has 3 nitrogen and oxygen atoms in total. The third-order valence-corrected chi connectivity index (χ3v) is 4.04. The maximum Gasteiger partial charge on any atom is 0.150 e. The Labute approximate surface area is 120 Å². The Morgan fingerprint density at radius 1 is 1.21 bits per heavy atom. The maximum absolute atomic E-state index is 13.9. The van der Waals surface area contributed by atoms with Gasteiger partial charge in [0.1, 0.15) is 5.52 Å². The van der Waals surface area contributed by atoms with Crippen molar-refractivity contribution >= 4 is 32.5 Å². The van der Waals surface area contributed by atoms with Gasteiger partial charge in [0.25, 0.3) is 0 Å². The number of piperazine rings is 1. The Morgan fingerprint density at radius 3 is 2.68 bits per heavy atom. The van der Waals surface area contributed by atoms with E-state index in [2.05, 4.69) is 37.8 Å². The molecule has 0 amide bonds. The van der Waals surface area contributed by atoms with E-state index in [4.69, 9.17) is 0 Å². The molecule has 0 radical (unpaired) electrons. The van der Waals surface area contributed by atoms with E-state index in [-0.39, 0.29) is 5.82 Å². The summed E-state index contributed by atoms with van der Waals surface area (Å²) in [5.41, 5.74) is 1.51. The second-order valence-corrected chi connectivity index (χ2v) is 5.82. The van der Waals surface area contributed by atoms with Crippen LogP contribution in [-0.2, 0) is 0 Å². The smallest absolute Gasteiger partial charge is 0.150 e. The Balaban J connectivity index is 2.08.